The fourth-order valence-corrected chi connectivity index (χ4v) is 2.32. The van der Waals surface area contributed by atoms with Crippen LogP contribution in [-0.2, 0) is 13.7 Å². The lowest BCUT2D eigenvalue weighted by Crippen LogP contribution is -2.03. The zero-order valence-electron chi connectivity index (χ0n) is 10.8. The van der Waals surface area contributed by atoms with Gasteiger partial charge in [-0.3, -0.25) is 4.68 Å². The summed E-state index contributed by atoms with van der Waals surface area (Å²) in [5, 5.41) is 6.07. The average Bonchev–Trinajstić information content (AvgIpc) is 2.94. The highest BCUT2D eigenvalue weighted by atomic mass is 35.5. The Morgan fingerprint density at radius 1 is 1.37 bits per heavy atom. The lowest BCUT2D eigenvalue weighted by atomic mass is 10.2. The maximum absolute atomic E-state index is 6.19. The molecule has 0 aliphatic heterocycles. The van der Waals surface area contributed by atoms with E-state index in [0.29, 0.717) is 11.6 Å². The molecule has 19 heavy (non-hydrogen) atoms. The van der Waals surface area contributed by atoms with Crippen molar-refractivity contribution in [2.75, 3.05) is 0 Å². The second kappa shape index (κ2) is 4.63. The Morgan fingerprint density at radius 3 is 2.95 bits per heavy atom. The first-order valence-electron chi connectivity index (χ1n) is 6.03. The Labute approximate surface area is 115 Å². The number of nitrogens with one attached hydrogen (secondary N) is 1. The largest absolute Gasteiger partial charge is 0.487 e. The van der Waals surface area contributed by atoms with Crippen molar-refractivity contribution in [3.63, 3.8) is 0 Å². The Bertz CT molecular complexity index is 729. The third kappa shape index (κ3) is 2.19. The summed E-state index contributed by atoms with van der Waals surface area (Å²) < 4.78 is 7.54. The van der Waals surface area contributed by atoms with Crippen molar-refractivity contribution in [1.82, 2.24) is 14.8 Å². The summed E-state index contributed by atoms with van der Waals surface area (Å²) in [5.74, 6) is 0.821. The van der Waals surface area contributed by atoms with Crippen molar-refractivity contribution < 1.29 is 4.74 Å². The van der Waals surface area contributed by atoms with E-state index in [2.05, 4.69) is 10.1 Å². The van der Waals surface area contributed by atoms with Crippen molar-refractivity contribution in [2.24, 2.45) is 7.05 Å². The summed E-state index contributed by atoms with van der Waals surface area (Å²) >= 11 is 6.19. The van der Waals surface area contributed by atoms with Gasteiger partial charge in [-0.05, 0) is 31.2 Å². The van der Waals surface area contributed by atoms with Gasteiger partial charge in [0.05, 0.1) is 16.4 Å². The van der Waals surface area contributed by atoms with Gasteiger partial charge in [0.1, 0.15) is 12.4 Å². The first kappa shape index (κ1) is 12.1. The minimum absolute atomic E-state index is 0.409. The number of nitrogens with zero attached hydrogens (tertiary/aromatic N) is 2. The van der Waals surface area contributed by atoms with Crippen LogP contribution >= 0.6 is 11.6 Å². The fraction of sp³-hybridized carbons (Fsp3) is 0.214. The number of hydrogen-bond acceptors (Lipinski definition) is 2. The van der Waals surface area contributed by atoms with Gasteiger partial charge in [-0.2, -0.15) is 5.10 Å². The van der Waals surface area contributed by atoms with Gasteiger partial charge in [-0.15, -0.1) is 0 Å². The molecular formula is C14H14ClN3O. The lowest BCUT2D eigenvalue weighted by molar-refractivity contribution is 0.295. The van der Waals surface area contributed by atoms with E-state index in [-0.39, 0.29) is 0 Å². The molecule has 98 valence electrons. The molecule has 0 aliphatic carbocycles. The number of halogens is 1. The number of aromatic amines is 1. The number of H-pyrrole nitrogens is 1. The van der Waals surface area contributed by atoms with Crippen LogP contribution in [0, 0.1) is 6.92 Å². The van der Waals surface area contributed by atoms with Crippen LogP contribution in [0.1, 0.15) is 11.4 Å². The van der Waals surface area contributed by atoms with Crippen LogP contribution in [0.25, 0.3) is 10.9 Å². The molecule has 0 radical (unpaired) electrons. The van der Waals surface area contributed by atoms with E-state index < -0.39 is 0 Å². The molecule has 0 unspecified atom stereocenters. The van der Waals surface area contributed by atoms with Crippen LogP contribution in [0.4, 0.5) is 0 Å². The maximum atomic E-state index is 6.19. The number of fused-ring (bicyclic) bond motifs is 1. The molecule has 3 rings (SSSR count). The predicted molar refractivity (Wildman–Crippen MR) is 75.6 cm³/mol. The molecule has 1 N–H and O–H groups in total. The van der Waals surface area contributed by atoms with Gasteiger partial charge < -0.3 is 9.72 Å². The van der Waals surface area contributed by atoms with Crippen LogP contribution in [0.2, 0.25) is 5.02 Å². The van der Waals surface area contributed by atoms with Crippen LogP contribution in [0.5, 0.6) is 5.75 Å². The smallest absolute Gasteiger partial charge is 0.131 e. The molecule has 4 nitrogen and oxygen atoms in total. The number of ether oxygens (including phenoxy) is 1. The molecule has 0 atom stereocenters. The predicted octanol–water partition coefficient (Wildman–Crippen LogP) is 3.44. The van der Waals surface area contributed by atoms with Gasteiger partial charge in [-0.1, -0.05) is 11.6 Å². The molecular weight excluding hydrogens is 262 g/mol. The minimum Gasteiger partial charge on any atom is -0.487 e. The summed E-state index contributed by atoms with van der Waals surface area (Å²) in [6.45, 7) is 2.30. The average molecular weight is 276 g/mol. The summed E-state index contributed by atoms with van der Waals surface area (Å²) in [4.78, 5) is 3.15. The monoisotopic (exact) mass is 275 g/mol. The highest BCUT2D eigenvalue weighted by Gasteiger charge is 2.11. The van der Waals surface area contributed by atoms with Gasteiger partial charge >= 0.3 is 0 Å². The van der Waals surface area contributed by atoms with Gasteiger partial charge in [0, 0.05) is 24.1 Å². The summed E-state index contributed by atoms with van der Waals surface area (Å²) in [7, 11) is 1.87. The molecule has 2 heterocycles. The Morgan fingerprint density at radius 2 is 2.21 bits per heavy atom. The number of benzene rings is 1. The molecule has 0 saturated carbocycles. The van der Waals surface area contributed by atoms with Gasteiger partial charge in [0.2, 0.25) is 0 Å². The van der Waals surface area contributed by atoms with Crippen molar-refractivity contribution in [2.45, 2.75) is 13.5 Å². The first-order chi connectivity index (χ1) is 9.15. The van der Waals surface area contributed by atoms with Crippen LogP contribution < -0.4 is 4.74 Å². The molecule has 0 amide bonds. The zero-order chi connectivity index (χ0) is 13.4. The number of aromatic nitrogens is 3. The molecule has 0 aliphatic rings. The number of rotatable bonds is 3. The third-order valence-corrected chi connectivity index (χ3v) is 3.65. The molecule has 5 heteroatoms. The summed E-state index contributed by atoms with van der Waals surface area (Å²) in [6, 6.07) is 7.96. The maximum Gasteiger partial charge on any atom is 0.131 e. The molecule has 2 aromatic heterocycles. The number of hydrogen-bond donors (Lipinski definition) is 1. The number of aryl methyl sites for hydroxylation is 2. The topological polar surface area (TPSA) is 42.8 Å². The Hall–Kier alpha value is -1.94. The van der Waals surface area contributed by atoms with Crippen molar-refractivity contribution in [1.29, 1.82) is 0 Å². The molecule has 0 bridgehead atoms. The van der Waals surface area contributed by atoms with E-state index in [1.54, 1.807) is 4.68 Å². The zero-order valence-corrected chi connectivity index (χ0v) is 11.5. The van der Waals surface area contributed by atoms with E-state index in [4.69, 9.17) is 16.3 Å². The van der Waals surface area contributed by atoms with Crippen LogP contribution in [-0.4, -0.2) is 14.8 Å². The quantitative estimate of drug-likeness (QED) is 0.796. The normalized spacial score (nSPS) is 11.1. The first-order valence-corrected chi connectivity index (χ1v) is 6.41. The lowest BCUT2D eigenvalue weighted by Gasteiger charge is -2.07. The third-order valence-electron chi connectivity index (χ3n) is 3.16. The second-order valence-corrected chi connectivity index (χ2v) is 4.86. The van der Waals surface area contributed by atoms with E-state index >= 15 is 0 Å². The van der Waals surface area contributed by atoms with E-state index in [0.717, 1.165) is 28.0 Å². The van der Waals surface area contributed by atoms with Crippen LogP contribution in [0.3, 0.4) is 0 Å². The summed E-state index contributed by atoms with van der Waals surface area (Å²) in [5.41, 5.74) is 2.80. The molecule has 3 aromatic rings. The molecule has 0 spiro atoms. The standard InChI is InChI=1S/C14H14ClN3O/c1-9-14(15)13(18(2)17-9)8-19-11-3-4-12-10(7-11)5-6-16-12/h3-7,16H,8H2,1-2H3. The van der Waals surface area contributed by atoms with Crippen molar-refractivity contribution in [3.05, 3.63) is 46.9 Å². The Kier molecular flexibility index (Phi) is 2.95. The SMILES string of the molecule is Cc1nn(C)c(COc2ccc3[nH]ccc3c2)c1Cl. The second-order valence-electron chi connectivity index (χ2n) is 4.49. The van der Waals surface area contributed by atoms with Crippen molar-refractivity contribution >= 4 is 22.5 Å². The minimum atomic E-state index is 0.409. The van der Waals surface area contributed by atoms with Gasteiger partial charge in [-0.25, -0.2) is 0 Å². The van der Waals surface area contributed by atoms with Crippen molar-refractivity contribution in [3.8, 4) is 5.75 Å². The van der Waals surface area contributed by atoms with E-state index in [9.17, 15) is 0 Å². The fourth-order valence-electron chi connectivity index (χ4n) is 2.11. The van der Waals surface area contributed by atoms with E-state index in [1.807, 2.05) is 44.4 Å². The molecule has 0 fully saturated rings. The van der Waals surface area contributed by atoms with Crippen LogP contribution in [0.15, 0.2) is 30.5 Å². The van der Waals surface area contributed by atoms with E-state index in [1.165, 1.54) is 0 Å². The summed E-state index contributed by atoms with van der Waals surface area (Å²) in [6.07, 6.45) is 1.91. The Balaban J connectivity index is 1.81. The molecule has 0 saturated heterocycles. The highest BCUT2D eigenvalue weighted by molar-refractivity contribution is 6.31. The van der Waals surface area contributed by atoms with Gasteiger partial charge in [0.25, 0.3) is 0 Å². The van der Waals surface area contributed by atoms with Gasteiger partial charge in [0.15, 0.2) is 0 Å². The highest BCUT2D eigenvalue weighted by Crippen LogP contribution is 2.23. The molecule has 1 aromatic carbocycles.